The molecule has 4 aromatic rings. The number of rotatable bonds is 5. The number of tetrazole rings is 1. The molecule has 5 rings (SSSR count). The van der Waals surface area contributed by atoms with Crippen LogP contribution >= 0.6 is 0 Å². The number of hydrogen-bond donors (Lipinski definition) is 0. The van der Waals surface area contributed by atoms with Crippen molar-refractivity contribution in [2.45, 2.75) is 19.4 Å². The molecule has 1 aliphatic rings. The Hall–Kier alpha value is -4.03. The first-order valence-corrected chi connectivity index (χ1v) is 9.32. The molecular formula is C17H16N10O3. The molecule has 0 bridgehead atoms. The second-order valence-electron chi connectivity index (χ2n) is 6.69. The average molecular weight is 408 g/mol. The maximum Gasteiger partial charge on any atom is 0.309 e. The Kier molecular flexibility index (Phi) is 4.67. The number of fused-ring (bicyclic) bond motifs is 1. The monoisotopic (exact) mass is 408 g/mol. The minimum absolute atomic E-state index is 0.0747. The lowest BCUT2D eigenvalue weighted by atomic mass is 9.97. The third-order valence-corrected chi connectivity index (χ3v) is 4.82. The average Bonchev–Trinajstić information content (AvgIpc) is 3.47. The molecule has 0 saturated carbocycles. The first-order chi connectivity index (χ1) is 14.8. The van der Waals surface area contributed by atoms with Crippen molar-refractivity contribution in [2.24, 2.45) is 5.92 Å². The summed E-state index contributed by atoms with van der Waals surface area (Å²) in [4.78, 5) is 26.6. The molecule has 1 saturated heterocycles. The summed E-state index contributed by atoms with van der Waals surface area (Å²) < 4.78 is 11.9. The van der Waals surface area contributed by atoms with E-state index in [0.29, 0.717) is 43.1 Å². The standard InChI is InChI=1S/C17H16N10O3/c28-17(29-9-15-20-16(23-30-15)12-3-6-18-10-19-12)11-4-7-26(8-5-11)14-2-1-13-21-24-25-27(13)22-14/h1-3,6,10-11H,4-5,7-9H2. The van der Waals surface area contributed by atoms with Gasteiger partial charge in [-0.25, -0.2) is 9.97 Å². The van der Waals surface area contributed by atoms with Crippen LogP contribution in [-0.2, 0) is 16.1 Å². The maximum atomic E-state index is 12.4. The number of nitrogens with zero attached hydrogens (tertiary/aromatic N) is 10. The summed E-state index contributed by atoms with van der Waals surface area (Å²) >= 11 is 0. The summed E-state index contributed by atoms with van der Waals surface area (Å²) in [6, 6.07) is 5.35. The molecule has 13 nitrogen and oxygen atoms in total. The van der Waals surface area contributed by atoms with Crippen LogP contribution < -0.4 is 4.90 Å². The molecule has 0 unspecified atom stereocenters. The predicted molar refractivity (Wildman–Crippen MR) is 98.6 cm³/mol. The highest BCUT2D eigenvalue weighted by atomic mass is 16.6. The van der Waals surface area contributed by atoms with Gasteiger partial charge in [0.2, 0.25) is 5.82 Å². The number of ether oxygens (including phenoxy) is 1. The van der Waals surface area contributed by atoms with Gasteiger partial charge in [0, 0.05) is 19.3 Å². The van der Waals surface area contributed by atoms with E-state index >= 15 is 0 Å². The maximum absolute atomic E-state index is 12.4. The van der Waals surface area contributed by atoms with Gasteiger partial charge in [-0.1, -0.05) is 5.16 Å². The number of hydrogen-bond acceptors (Lipinski definition) is 12. The van der Waals surface area contributed by atoms with Crippen molar-refractivity contribution in [1.82, 2.24) is 45.4 Å². The topological polar surface area (TPSA) is 150 Å². The number of anilines is 1. The van der Waals surface area contributed by atoms with Crippen molar-refractivity contribution in [3.8, 4) is 11.5 Å². The summed E-state index contributed by atoms with van der Waals surface area (Å²) in [6.45, 7) is 1.28. The number of carbonyl (C=O) groups is 1. The Morgan fingerprint density at radius 3 is 2.97 bits per heavy atom. The number of aromatic nitrogens is 9. The van der Waals surface area contributed by atoms with Crippen LogP contribution in [0.2, 0.25) is 0 Å². The third kappa shape index (κ3) is 3.64. The highest BCUT2D eigenvalue weighted by Gasteiger charge is 2.27. The van der Waals surface area contributed by atoms with Crippen molar-refractivity contribution >= 4 is 17.4 Å². The van der Waals surface area contributed by atoms with Gasteiger partial charge in [0.25, 0.3) is 5.89 Å². The molecule has 1 fully saturated rings. The van der Waals surface area contributed by atoms with Crippen molar-refractivity contribution in [2.75, 3.05) is 18.0 Å². The van der Waals surface area contributed by atoms with Gasteiger partial charge >= 0.3 is 5.97 Å². The Labute approximate surface area is 169 Å². The van der Waals surface area contributed by atoms with Gasteiger partial charge in [-0.2, -0.15) is 4.98 Å². The molecule has 1 aliphatic heterocycles. The fourth-order valence-corrected chi connectivity index (χ4v) is 3.24. The number of piperidine rings is 1. The number of esters is 1. The fraction of sp³-hybridized carbons (Fsp3) is 0.353. The Morgan fingerprint density at radius 2 is 2.13 bits per heavy atom. The van der Waals surface area contributed by atoms with E-state index in [4.69, 9.17) is 9.26 Å². The quantitative estimate of drug-likeness (QED) is 0.418. The lowest BCUT2D eigenvalue weighted by Crippen LogP contribution is -2.37. The fourth-order valence-electron chi connectivity index (χ4n) is 3.24. The van der Waals surface area contributed by atoms with Gasteiger partial charge in [0.1, 0.15) is 12.0 Å². The summed E-state index contributed by atoms with van der Waals surface area (Å²) in [5.74, 6) is 0.837. The zero-order valence-corrected chi connectivity index (χ0v) is 15.7. The van der Waals surface area contributed by atoms with Crippen LogP contribution in [0, 0.1) is 5.92 Å². The summed E-state index contributed by atoms with van der Waals surface area (Å²) in [7, 11) is 0. The predicted octanol–water partition coefficient (Wildman–Crippen LogP) is 0.319. The van der Waals surface area contributed by atoms with Crippen LogP contribution in [0.1, 0.15) is 18.7 Å². The van der Waals surface area contributed by atoms with Crippen LogP contribution in [0.4, 0.5) is 5.82 Å². The minimum atomic E-state index is -0.277. The van der Waals surface area contributed by atoms with E-state index in [1.165, 1.54) is 11.0 Å². The number of carbonyl (C=O) groups excluding carboxylic acids is 1. The minimum Gasteiger partial charge on any atom is -0.455 e. The van der Waals surface area contributed by atoms with Crippen LogP contribution in [-0.4, -0.2) is 64.4 Å². The first-order valence-electron chi connectivity index (χ1n) is 9.32. The van der Waals surface area contributed by atoms with Gasteiger partial charge in [0.05, 0.1) is 5.92 Å². The second kappa shape index (κ2) is 7.77. The van der Waals surface area contributed by atoms with E-state index in [1.807, 2.05) is 12.1 Å². The molecule has 0 aromatic carbocycles. The molecule has 0 N–H and O–H groups in total. The normalized spacial score (nSPS) is 14.9. The van der Waals surface area contributed by atoms with Gasteiger partial charge in [-0.3, -0.25) is 4.79 Å². The van der Waals surface area contributed by atoms with E-state index in [1.54, 1.807) is 12.3 Å². The molecule has 0 radical (unpaired) electrons. The molecule has 0 amide bonds. The summed E-state index contributed by atoms with van der Waals surface area (Å²) in [6.07, 6.45) is 4.30. The zero-order chi connectivity index (χ0) is 20.3. The molecular weight excluding hydrogens is 392 g/mol. The van der Waals surface area contributed by atoms with E-state index in [0.717, 1.165) is 5.82 Å². The van der Waals surface area contributed by atoms with Crippen LogP contribution in [0.5, 0.6) is 0 Å². The van der Waals surface area contributed by atoms with Crippen LogP contribution in [0.15, 0.2) is 35.2 Å². The molecule has 0 spiro atoms. The Morgan fingerprint density at radius 1 is 1.23 bits per heavy atom. The Balaban J connectivity index is 1.14. The van der Waals surface area contributed by atoms with E-state index in [-0.39, 0.29) is 24.4 Å². The van der Waals surface area contributed by atoms with Gasteiger partial charge in [-0.05, 0) is 41.5 Å². The SMILES string of the molecule is O=C(OCc1nc(-c2ccncn2)no1)C1CCN(c2ccc3nnnn3n2)CC1. The smallest absolute Gasteiger partial charge is 0.309 e. The van der Waals surface area contributed by atoms with Crippen molar-refractivity contribution < 1.29 is 14.1 Å². The first kappa shape index (κ1) is 18.0. The second-order valence-corrected chi connectivity index (χ2v) is 6.69. The summed E-state index contributed by atoms with van der Waals surface area (Å²) in [5, 5.41) is 19.5. The molecule has 30 heavy (non-hydrogen) atoms. The lowest BCUT2D eigenvalue weighted by molar-refractivity contribution is -0.151. The van der Waals surface area contributed by atoms with Crippen molar-refractivity contribution in [3.05, 3.63) is 36.6 Å². The molecule has 0 aliphatic carbocycles. The molecule has 5 heterocycles. The molecule has 152 valence electrons. The van der Waals surface area contributed by atoms with Gasteiger partial charge < -0.3 is 14.2 Å². The van der Waals surface area contributed by atoms with Gasteiger partial charge in [0.15, 0.2) is 18.1 Å². The summed E-state index contributed by atoms with van der Waals surface area (Å²) in [5.41, 5.74) is 1.12. The molecule has 13 heteroatoms. The van der Waals surface area contributed by atoms with E-state index < -0.39 is 0 Å². The highest BCUT2D eigenvalue weighted by Crippen LogP contribution is 2.23. The lowest BCUT2D eigenvalue weighted by Gasteiger charge is -2.31. The molecule has 0 atom stereocenters. The Bertz CT molecular complexity index is 1150. The zero-order valence-electron chi connectivity index (χ0n) is 15.7. The largest absolute Gasteiger partial charge is 0.455 e. The third-order valence-electron chi connectivity index (χ3n) is 4.82. The van der Waals surface area contributed by atoms with E-state index in [2.05, 4.69) is 45.6 Å². The van der Waals surface area contributed by atoms with Gasteiger partial charge in [-0.15, -0.1) is 14.8 Å². The van der Waals surface area contributed by atoms with Crippen molar-refractivity contribution in [3.63, 3.8) is 0 Å². The van der Waals surface area contributed by atoms with Crippen LogP contribution in [0.25, 0.3) is 17.2 Å². The van der Waals surface area contributed by atoms with Crippen LogP contribution in [0.3, 0.4) is 0 Å². The molecule has 4 aromatic heterocycles. The van der Waals surface area contributed by atoms with Crippen molar-refractivity contribution in [1.29, 1.82) is 0 Å². The highest BCUT2D eigenvalue weighted by molar-refractivity contribution is 5.72. The van der Waals surface area contributed by atoms with E-state index in [9.17, 15) is 4.79 Å².